The Balaban J connectivity index is 2.41. The Labute approximate surface area is 103 Å². The molecule has 16 heavy (non-hydrogen) atoms. The van der Waals surface area contributed by atoms with Gasteiger partial charge >= 0.3 is 0 Å². The Morgan fingerprint density at radius 3 is 2.75 bits per heavy atom. The summed E-state index contributed by atoms with van der Waals surface area (Å²) >= 11 is 5.23. The molecule has 0 spiro atoms. The van der Waals surface area contributed by atoms with Crippen molar-refractivity contribution in [2.45, 2.75) is 32.2 Å². The van der Waals surface area contributed by atoms with Crippen LogP contribution in [-0.2, 0) is 0 Å². The van der Waals surface area contributed by atoms with Gasteiger partial charge in [-0.15, -0.1) is 0 Å². The molecule has 2 N–H and O–H groups in total. The third kappa shape index (κ3) is 4.57. The van der Waals surface area contributed by atoms with Crippen LogP contribution in [0, 0.1) is 6.92 Å². The Kier molecular flexibility index (Phi) is 5.78. The largest absolute Gasteiger partial charge is 0.360 e. The van der Waals surface area contributed by atoms with Crippen LogP contribution in [0.25, 0.3) is 0 Å². The SMILES string of the molecule is [CH2]CCC(CC)NC(=S)Nc1ccncc1. The lowest BCUT2D eigenvalue weighted by Crippen LogP contribution is -2.37. The van der Waals surface area contributed by atoms with Gasteiger partial charge in [0.1, 0.15) is 0 Å². The van der Waals surface area contributed by atoms with Gasteiger partial charge in [-0.1, -0.05) is 20.3 Å². The monoisotopic (exact) mass is 236 g/mol. The first-order chi connectivity index (χ1) is 7.76. The molecule has 87 valence electrons. The fourth-order valence-electron chi connectivity index (χ4n) is 1.41. The van der Waals surface area contributed by atoms with Crippen molar-refractivity contribution in [3.63, 3.8) is 0 Å². The second kappa shape index (κ2) is 7.17. The molecule has 1 rings (SSSR count). The van der Waals surface area contributed by atoms with E-state index >= 15 is 0 Å². The van der Waals surface area contributed by atoms with Gasteiger partial charge in [-0.25, -0.2) is 0 Å². The van der Waals surface area contributed by atoms with Crippen LogP contribution in [0.1, 0.15) is 26.2 Å². The average molecular weight is 236 g/mol. The van der Waals surface area contributed by atoms with E-state index in [0.29, 0.717) is 11.2 Å². The summed E-state index contributed by atoms with van der Waals surface area (Å²) in [5, 5.41) is 7.06. The van der Waals surface area contributed by atoms with Gasteiger partial charge < -0.3 is 10.6 Å². The third-order valence-corrected chi connectivity index (χ3v) is 2.54. The molecule has 0 aliphatic rings. The summed E-state index contributed by atoms with van der Waals surface area (Å²) in [7, 11) is 0. The van der Waals surface area contributed by atoms with Crippen molar-refractivity contribution in [3.05, 3.63) is 31.5 Å². The third-order valence-electron chi connectivity index (χ3n) is 2.32. The van der Waals surface area contributed by atoms with Crippen LogP contribution in [0.3, 0.4) is 0 Å². The number of thiocarbonyl (C=S) groups is 1. The number of hydrogen-bond acceptors (Lipinski definition) is 2. The van der Waals surface area contributed by atoms with Crippen molar-refractivity contribution in [1.29, 1.82) is 0 Å². The number of nitrogens with zero attached hydrogens (tertiary/aromatic N) is 1. The lowest BCUT2D eigenvalue weighted by atomic mass is 10.1. The molecule has 1 radical (unpaired) electrons. The molecule has 0 amide bonds. The maximum atomic E-state index is 5.23. The molecular formula is C12H18N3S. The Morgan fingerprint density at radius 1 is 1.50 bits per heavy atom. The molecule has 4 heteroatoms. The summed E-state index contributed by atoms with van der Waals surface area (Å²) in [5.74, 6) is 0. The van der Waals surface area contributed by atoms with E-state index in [0.717, 1.165) is 24.9 Å². The molecule has 0 saturated carbocycles. The standard InChI is InChI=1S/C12H18N3S/c1-3-5-10(4-2)14-12(16)15-11-6-8-13-9-7-11/h6-10H,1,3-5H2,2H3,(H2,13,14,15,16). The number of pyridine rings is 1. The zero-order valence-corrected chi connectivity index (χ0v) is 10.4. The molecule has 1 heterocycles. The van der Waals surface area contributed by atoms with E-state index in [-0.39, 0.29) is 0 Å². The summed E-state index contributed by atoms with van der Waals surface area (Å²) < 4.78 is 0. The normalized spacial score (nSPS) is 11.9. The van der Waals surface area contributed by atoms with E-state index in [1.807, 2.05) is 12.1 Å². The highest BCUT2D eigenvalue weighted by atomic mass is 32.1. The molecule has 0 aliphatic heterocycles. The first-order valence-corrected chi connectivity index (χ1v) is 5.94. The molecule has 1 unspecified atom stereocenters. The minimum absolute atomic E-state index is 0.402. The van der Waals surface area contributed by atoms with Crippen LogP contribution in [-0.4, -0.2) is 16.1 Å². The molecule has 0 saturated heterocycles. The van der Waals surface area contributed by atoms with Crippen LogP contribution in [0.5, 0.6) is 0 Å². The highest BCUT2D eigenvalue weighted by molar-refractivity contribution is 7.80. The van der Waals surface area contributed by atoms with Gasteiger partial charge in [0.15, 0.2) is 5.11 Å². The summed E-state index contributed by atoms with van der Waals surface area (Å²) in [6, 6.07) is 4.17. The van der Waals surface area contributed by atoms with Crippen molar-refractivity contribution in [3.8, 4) is 0 Å². The maximum absolute atomic E-state index is 5.23. The number of anilines is 1. The summed E-state index contributed by atoms with van der Waals surface area (Å²) in [6.07, 6.45) is 6.47. The van der Waals surface area contributed by atoms with Gasteiger partial charge in [-0.3, -0.25) is 4.98 Å². The minimum atomic E-state index is 0.402. The van der Waals surface area contributed by atoms with Crippen molar-refractivity contribution in [2.24, 2.45) is 0 Å². The molecule has 0 aromatic carbocycles. The quantitative estimate of drug-likeness (QED) is 0.771. The van der Waals surface area contributed by atoms with Crippen LogP contribution in [0.15, 0.2) is 24.5 Å². The highest BCUT2D eigenvalue weighted by Gasteiger charge is 2.06. The molecular weight excluding hydrogens is 218 g/mol. The number of aromatic nitrogens is 1. The first-order valence-electron chi connectivity index (χ1n) is 5.53. The summed E-state index contributed by atoms with van der Waals surface area (Å²) in [5.41, 5.74) is 0.956. The van der Waals surface area contributed by atoms with E-state index in [1.54, 1.807) is 12.4 Å². The van der Waals surface area contributed by atoms with Gasteiger partial charge in [-0.05, 0) is 37.2 Å². The van der Waals surface area contributed by atoms with Crippen molar-refractivity contribution >= 4 is 23.0 Å². The second-order valence-electron chi connectivity index (χ2n) is 3.58. The number of hydrogen-bond donors (Lipinski definition) is 2. The molecule has 1 aromatic heterocycles. The maximum Gasteiger partial charge on any atom is 0.170 e. The zero-order valence-electron chi connectivity index (χ0n) is 9.57. The predicted molar refractivity (Wildman–Crippen MR) is 72.3 cm³/mol. The van der Waals surface area contributed by atoms with E-state index in [4.69, 9.17) is 12.2 Å². The topological polar surface area (TPSA) is 37.0 Å². The van der Waals surface area contributed by atoms with Gasteiger partial charge in [0.05, 0.1) is 0 Å². The zero-order chi connectivity index (χ0) is 11.8. The lowest BCUT2D eigenvalue weighted by Gasteiger charge is -2.18. The second-order valence-corrected chi connectivity index (χ2v) is 3.99. The van der Waals surface area contributed by atoms with Crippen LogP contribution < -0.4 is 10.6 Å². The van der Waals surface area contributed by atoms with Gasteiger partial charge in [0.2, 0.25) is 0 Å². The first kappa shape index (κ1) is 12.9. The van der Waals surface area contributed by atoms with E-state index < -0.39 is 0 Å². The summed E-state index contributed by atoms with van der Waals surface area (Å²) in [4.78, 5) is 3.95. The van der Waals surface area contributed by atoms with Crippen LogP contribution >= 0.6 is 12.2 Å². The highest BCUT2D eigenvalue weighted by Crippen LogP contribution is 2.05. The molecule has 0 aliphatic carbocycles. The molecule has 3 nitrogen and oxygen atoms in total. The number of rotatable bonds is 5. The van der Waals surface area contributed by atoms with E-state index in [9.17, 15) is 0 Å². The van der Waals surface area contributed by atoms with Crippen molar-refractivity contribution in [1.82, 2.24) is 10.3 Å². The van der Waals surface area contributed by atoms with Gasteiger partial charge in [-0.2, -0.15) is 0 Å². The fourth-order valence-corrected chi connectivity index (χ4v) is 1.70. The van der Waals surface area contributed by atoms with E-state index in [1.165, 1.54) is 0 Å². The van der Waals surface area contributed by atoms with Crippen molar-refractivity contribution < 1.29 is 0 Å². The molecule has 0 bridgehead atoms. The molecule has 0 fully saturated rings. The lowest BCUT2D eigenvalue weighted by molar-refractivity contribution is 0.551. The average Bonchev–Trinajstić information content (AvgIpc) is 2.29. The van der Waals surface area contributed by atoms with Gasteiger partial charge in [0, 0.05) is 24.1 Å². The predicted octanol–water partition coefficient (Wildman–Crippen LogP) is 2.76. The fraction of sp³-hybridized carbons (Fsp3) is 0.417. The minimum Gasteiger partial charge on any atom is -0.360 e. The van der Waals surface area contributed by atoms with Gasteiger partial charge in [0.25, 0.3) is 0 Å². The van der Waals surface area contributed by atoms with Crippen LogP contribution in [0.4, 0.5) is 5.69 Å². The Bertz CT molecular complexity index is 313. The van der Waals surface area contributed by atoms with Crippen LogP contribution in [0.2, 0.25) is 0 Å². The smallest absolute Gasteiger partial charge is 0.170 e. The molecule has 1 aromatic rings. The number of nitrogens with one attached hydrogen (secondary N) is 2. The summed E-state index contributed by atoms with van der Waals surface area (Å²) in [6.45, 7) is 5.99. The van der Waals surface area contributed by atoms with E-state index in [2.05, 4.69) is 29.5 Å². The Hall–Kier alpha value is -1.16. The molecule has 1 atom stereocenters. The van der Waals surface area contributed by atoms with Crippen molar-refractivity contribution in [2.75, 3.05) is 5.32 Å². The Morgan fingerprint density at radius 2 is 2.19 bits per heavy atom.